The van der Waals surface area contributed by atoms with Crippen LogP contribution in [0.5, 0.6) is 11.5 Å². The Kier molecular flexibility index (Phi) is 3.78. The lowest BCUT2D eigenvalue weighted by atomic mass is 10.2. The number of methoxy groups -OCH3 is 1. The van der Waals surface area contributed by atoms with Gasteiger partial charge in [0.15, 0.2) is 11.5 Å². The van der Waals surface area contributed by atoms with Crippen molar-refractivity contribution in [3.05, 3.63) is 35.2 Å². The molecule has 0 atom stereocenters. The van der Waals surface area contributed by atoms with Gasteiger partial charge in [-0.25, -0.2) is 4.63 Å². The number of hydrogen-bond donors (Lipinski definition) is 1. The summed E-state index contributed by atoms with van der Waals surface area (Å²) in [5.41, 5.74) is 7.91. The number of rotatable bonds is 5. The van der Waals surface area contributed by atoms with Crippen LogP contribution in [-0.2, 0) is 13.2 Å². The predicted octanol–water partition coefficient (Wildman–Crippen LogP) is 1.42. The summed E-state index contributed by atoms with van der Waals surface area (Å²) in [6.45, 7) is 2.45. The number of nitrogens with two attached hydrogens (primary N) is 1. The molecule has 0 unspecified atom stereocenters. The van der Waals surface area contributed by atoms with Crippen LogP contribution >= 0.6 is 0 Å². The monoisotopic (exact) mass is 249 g/mol. The Morgan fingerprint density at radius 3 is 2.78 bits per heavy atom. The molecule has 1 heterocycles. The molecule has 2 rings (SSSR count). The predicted molar refractivity (Wildman–Crippen MR) is 64.3 cm³/mol. The number of ether oxygens (including phenoxy) is 2. The molecule has 0 aliphatic heterocycles. The minimum atomic E-state index is 0.267. The molecule has 0 aliphatic carbocycles. The van der Waals surface area contributed by atoms with Crippen molar-refractivity contribution in [1.82, 2.24) is 10.3 Å². The van der Waals surface area contributed by atoms with Gasteiger partial charge >= 0.3 is 0 Å². The topological polar surface area (TPSA) is 83.4 Å². The molecule has 0 amide bonds. The molecule has 96 valence electrons. The second-order valence-electron chi connectivity index (χ2n) is 3.74. The van der Waals surface area contributed by atoms with E-state index in [1.54, 1.807) is 14.0 Å². The van der Waals surface area contributed by atoms with E-state index in [1.165, 1.54) is 0 Å². The molecule has 0 saturated carbocycles. The summed E-state index contributed by atoms with van der Waals surface area (Å²) in [6.07, 6.45) is 0. The van der Waals surface area contributed by atoms with Gasteiger partial charge in [-0.1, -0.05) is 22.4 Å². The SMILES string of the molecule is COc1cccc(CN)c1OCc1nonc1C. The molecule has 6 nitrogen and oxygen atoms in total. The van der Waals surface area contributed by atoms with Crippen molar-refractivity contribution >= 4 is 0 Å². The lowest BCUT2D eigenvalue weighted by Gasteiger charge is -2.13. The summed E-state index contributed by atoms with van der Waals surface area (Å²) in [7, 11) is 1.59. The van der Waals surface area contributed by atoms with Crippen LogP contribution in [0.25, 0.3) is 0 Å². The highest BCUT2D eigenvalue weighted by molar-refractivity contribution is 5.46. The fourth-order valence-corrected chi connectivity index (χ4v) is 1.57. The van der Waals surface area contributed by atoms with Gasteiger partial charge in [0.05, 0.1) is 7.11 Å². The van der Waals surface area contributed by atoms with Gasteiger partial charge in [0.1, 0.15) is 18.0 Å². The summed E-state index contributed by atoms with van der Waals surface area (Å²) < 4.78 is 15.6. The molecule has 0 radical (unpaired) electrons. The molecule has 2 N–H and O–H groups in total. The molecule has 18 heavy (non-hydrogen) atoms. The van der Waals surface area contributed by atoms with E-state index in [9.17, 15) is 0 Å². The van der Waals surface area contributed by atoms with Gasteiger partial charge in [-0.05, 0) is 13.0 Å². The zero-order chi connectivity index (χ0) is 13.0. The van der Waals surface area contributed by atoms with Crippen LogP contribution in [-0.4, -0.2) is 17.4 Å². The van der Waals surface area contributed by atoms with Gasteiger partial charge in [-0.3, -0.25) is 0 Å². The van der Waals surface area contributed by atoms with E-state index in [0.717, 1.165) is 5.56 Å². The van der Waals surface area contributed by atoms with Gasteiger partial charge < -0.3 is 15.2 Å². The molecule has 0 fully saturated rings. The number of aryl methyl sites for hydroxylation is 1. The first-order valence-electron chi connectivity index (χ1n) is 5.53. The smallest absolute Gasteiger partial charge is 0.166 e. The van der Waals surface area contributed by atoms with Crippen molar-refractivity contribution in [2.45, 2.75) is 20.1 Å². The zero-order valence-corrected chi connectivity index (χ0v) is 10.3. The van der Waals surface area contributed by atoms with Gasteiger partial charge in [-0.15, -0.1) is 0 Å². The normalized spacial score (nSPS) is 10.4. The lowest BCUT2D eigenvalue weighted by molar-refractivity contribution is 0.258. The Morgan fingerprint density at radius 2 is 2.17 bits per heavy atom. The van der Waals surface area contributed by atoms with Crippen LogP contribution in [0.15, 0.2) is 22.8 Å². The molecule has 0 aliphatic rings. The lowest BCUT2D eigenvalue weighted by Crippen LogP contribution is -2.05. The van der Waals surface area contributed by atoms with E-state index in [-0.39, 0.29) is 6.61 Å². The Bertz CT molecular complexity index is 503. The quantitative estimate of drug-likeness (QED) is 0.862. The highest BCUT2D eigenvalue weighted by Gasteiger charge is 2.12. The fourth-order valence-electron chi connectivity index (χ4n) is 1.57. The Hall–Kier alpha value is -2.08. The van der Waals surface area contributed by atoms with E-state index in [2.05, 4.69) is 14.9 Å². The van der Waals surface area contributed by atoms with Gasteiger partial charge in [0.25, 0.3) is 0 Å². The summed E-state index contributed by atoms with van der Waals surface area (Å²) in [6, 6.07) is 5.59. The fraction of sp³-hybridized carbons (Fsp3) is 0.333. The molecule has 0 bridgehead atoms. The van der Waals surface area contributed by atoms with Crippen LogP contribution in [0, 0.1) is 6.92 Å². The third-order valence-electron chi connectivity index (χ3n) is 2.60. The number of nitrogens with zero attached hydrogens (tertiary/aromatic N) is 2. The van der Waals surface area contributed by atoms with Crippen molar-refractivity contribution in [2.75, 3.05) is 7.11 Å². The summed E-state index contributed by atoms with van der Waals surface area (Å²) >= 11 is 0. The number of para-hydroxylation sites is 1. The highest BCUT2D eigenvalue weighted by atomic mass is 16.6. The van der Waals surface area contributed by atoms with Crippen LogP contribution in [0.2, 0.25) is 0 Å². The minimum absolute atomic E-state index is 0.267. The van der Waals surface area contributed by atoms with Crippen LogP contribution in [0.1, 0.15) is 17.0 Å². The van der Waals surface area contributed by atoms with Gasteiger partial charge in [0.2, 0.25) is 0 Å². The third-order valence-corrected chi connectivity index (χ3v) is 2.60. The van der Waals surface area contributed by atoms with Crippen molar-refractivity contribution in [3.63, 3.8) is 0 Å². The largest absolute Gasteiger partial charge is 0.493 e. The number of benzene rings is 1. The van der Waals surface area contributed by atoms with Gasteiger partial charge in [-0.2, -0.15) is 0 Å². The first kappa shape index (κ1) is 12.4. The molecule has 0 saturated heterocycles. The van der Waals surface area contributed by atoms with Crippen LogP contribution in [0.4, 0.5) is 0 Å². The maximum atomic E-state index is 5.71. The molecular formula is C12H15N3O3. The molecular weight excluding hydrogens is 234 g/mol. The second kappa shape index (κ2) is 5.50. The van der Waals surface area contributed by atoms with Crippen molar-refractivity contribution in [2.24, 2.45) is 5.73 Å². The van der Waals surface area contributed by atoms with Crippen LogP contribution < -0.4 is 15.2 Å². The third kappa shape index (κ3) is 2.43. The van der Waals surface area contributed by atoms with Crippen molar-refractivity contribution in [1.29, 1.82) is 0 Å². The number of hydrogen-bond acceptors (Lipinski definition) is 6. The second-order valence-corrected chi connectivity index (χ2v) is 3.74. The average molecular weight is 249 g/mol. The molecule has 1 aromatic carbocycles. The first-order chi connectivity index (χ1) is 8.76. The average Bonchev–Trinajstić information content (AvgIpc) is 2.81. The molecule has 2 aromatic rings. The van der Waals surface area contributed by atoms with E-state index in [0.29, 0.717) is 29.4 Å². The first-order valence-corrected chi connectivity index (χ1v) is 5.53. The Balaban J connectivity index is 2.20. The van der Waals surface area contributed by atoms with Gasteiger partial charge in [0, 0.05) is 12.1 Å². The highest BCUT2D eigenvalue weighted by Crippen LogP contribution is 2.31. The van der Waals surface area contributed by atoms with E-state index in [1.807, 2.05) is 18.2 Å². The Labute approximate surface area is 105 Å². The Morgan fingerprint density at radius 1 is 1.33 bits per heavy atom. The summed E-state index contributed by atoms with van der Waals surface area (Å²) in [5.74, 6) is 1.27. The van der Waals surface area contributed by atoms with E-state index < -0.39 is 0 Å². The van der Waals surface area contributed by atoms with E-state index >= 15 is 0 Å². The van der Waals surface area contributed by atoms with Crippen molar-refractivity contribution < 1.29 is 14.1 Å². The van der Waals surface area contributed by atoms with Crippen LogP contribution in [0.3, 0.4) is 0 Å². The molecule has 0 spiro atoms. The van der Waals surface area contributed by atoms with E-state index in [4.69, 9.17) is 15.2 Å². The number of aromatic nitrogens is 2. The maximum absolute atomic E-state index is 5.71. The summed E-state index contributed by atoms with van der Waals surface area (Å²) in [5, 5.41) is 7.45. The molecule has 6 heteroatoms. The minimum Gasteiger partial charge on any atom is -0.493 e. The summed E-state index contributed by atoms with van der Waals surface area (Å²) in [4.78, 5) is 0. The zero-order valence-electron chi connectivity index (χ0n) is 10.3. The molecule has 1 aromatic heterocycles. The standard InChI is InChI=1S/C12H15N3O3/c1-8-10(15-18-14-8)7-17-12-9(6-13)4-3-5-11(12)16-2/h3-5H,6-7,13H2,1-2H3. The maximum Gasteiger partial charge on any atom is 0.166 e. The van der Waals surface area contributed by atoms with Crippen molar-refractivity contribution in [3.8, 4) is 11.5 Å².